The van der Waals surface area contributed by atoms with E-state index in [1.165, 1.54) is 18.4 Å². The second kappa shape index (κ2) is 6.15. The number of anilines is 1. The molecule has 1 aromatic carbocycles. The molecule has 0 radical (unpaired) electrons. The van der Waals surface area contributed by atoms with Crippen LogP contribution in [0.3, 0.4) is 0 Å². The molecular weight excluding hydrogens is 255 g/mol. The maximum absolute atomic E-state index is 13.2. The summed E-state index contributed by atoms with van der Waals surface area (Å²) in [5.41, 5.74) is 1.66. The number of nitrogens with zero attached hydrogens (tertiary/aromatic N) is 1. The highest BCUT2D eigenvalue weighted by molar-refractivity contribution is 7.90. The van der Waals surface area contributed by atoms with Gasteiger partial charge in [0.1, 0.15) is 15.7 Å². The van der Waals surface area contributed by atoms with E-state index in [9.17, 15) is 12.8 Å². The highest BCUT2D eigenvalue weighted by Gasteiger charge is 2.10. The Morgan fingerprint density at radius 3 is 2.61 bits per heavy atom. The Balaban J connectivity index is 2.87. The minimum Gasteiger partial charge on any atom is -0.373 e. The number of halogens is 1. The van der Waals surface area contributed by atoms with Gasteiger partial charge in [0.2, 0.25) is 0 Å². The van der Waals surface area contributed by atoms with Crippen molar-refractivity contribution in [2.45, 2.75) is 6.54 Å². The van der Waals surface area contributed by atoms with Crippen LogP contribution in [0, 0.1) is 5.82 Å². The molecule has 0 spiro atoms. The van der Waals surface area contributed by atoms with Crippen molar-refractivity contribution in [2.75, 3.05) is 37.5 Å². The minimum absolute atomic E-state index is 0.0832. The number of hydrogen-bond donors (Lipinski definition) is 1. The van der Waals surface area contributed by atoms with Crippen molar-refractivity contribution in [2.24, 2.45) is 0 Å². The van der Waals surface area contributed by atoms with E-state index >= 15 is 0 Å². The van der Waals surface area contributed by atoms with E-state index < -0.39 is 9.84 Å². The zero-order valence-electron chi connectivity index (χ0n) is 10.9. The van der Waals surface area contributed by atoms with Crippen molar-refractivity contribution in [1.29, 1.82) is 0 Å². The zero-order valence-corrected chi connectivity index (χ0v) is 11.7. The van der Waals surface area contributed by atoms with Crippen LogP contribution in [-0.4, -0.2) is 41.1 Å². The molecule has 0 amide bonds. The molecule has 0 aromatic heterocycles. The first-order valence-electron chi connectivity index (χ1n) is 5.65. The standard InChI is InChI=1S/C12H19FN2O2S/c1-14-9-10-8-11(13)4-5-12(10)15(2)6-7-18(3,16)17/h4-5,8,14H,6-7,9H2,1-3H3. The monoisotopic (exact) mass is 274 g/mol. The fourth-order valence-electron chi connectivity index (χ4n) is 1.68. The maximum atomic E-state index is 13.2. The number of nitrogens with one attached hydrogen (secondary N) is 1. The normalized spacial score (nSPS) is 11.6. The van der Waals surface area contributed by atoms with Crippen LogP contribution in [0.4, 0.5) is 10.1 Å². The third kappa shape index (κ3) is 4.62. The molecule has 0 saturated heterocycles. The largest absolute Gasteiger partial charge is 0.373 e. The molecule has 0 aliphatic rings. The summed E-state index contributed by atoms with van der Waals surface area (Å²) >= 11 is 0. The first-order valence-corrected chi connectivity index (χ1v) is 7.71. The molecule has 1 aromatic rings. The summed E-state index contributed by atoms with van der Waals surface area (Å²) in [5, 5.41) is 2.97. The van der Waals surface area contributed by atoms with Gasteiger partial charge in [0, 0.05) is 32.1 Å². The van der Waals surface area contributed by atoms with Crippen LogP contribution >= 0.6 is 0 Å². The Morgan fingerprint density at radius 2 is 2.06 bits per heavy atom. The SMILES string of the molecule is CNCc1cc(F)ccc1N(C)CCS(C)(=O)=O. The van der Waals surface area contributed by atoms with Gasteiger partial charge in [-0.05, 0) is 30.8 Å². The summed E-state index contributed by atoms with van der Waals surface area (Å²) in [5.74, 6) is -0.208. The third-order valence-corrected chi connectivity index (χ3v) is 3.54. The van der Waals surface area contributed by atoms with Gasteiger partial charge in [-0.15, -0.1) is 0 Å². The molecule has 4 nitrogen and oxygen atoms in total. The molecule has 0 atom stereocenters. The number of hydrogen-bond acceptors (Lipinski definition) is 4. The van der Waals surface area contributed by atoms with E-state index in [-0.39, 0.29) is 11.6 Å². The average Bonchev–Trinajstić information content (AvgIpc) is 2.25. The van der Waals surface area contributed by atoms with E-state index in [4.69, 9.17) is 0 Å². The fourth-order valence-corrected chi connectivity index (χ4v) is 2.29. The summed E-state index contributed by atoms with van der Waals surface area (Å²) in [6.07, 6.45) is 1.21. The van der Waals surface area contributed by atoms with Crippen molar-refractivity contribution in [3.63, 3.8) is 0 Å². The quantitative estimate of drug-likeness (QED) is 0.841. The lowest BCUT2D eigenvalue weighted by Gasteiger charge is -2.22. The summed E-state index contributed by atoms with van der Waals surface area (Å²) < 4.78 is 35.4. The average molecular weight is 274 g/mol. The zero-order chi connectivity index (χ0) is 13.8. The Labute approximate surface area is 108 Å². The van der Waals surface area contributed by atoms with Crippen molar-refractivity contribution >= 4 is 15.5 Å². The van der Waals surface area contributed by atoms with Crippen LogP contribution in [0.2, 0.25) is 0 Å². The van der Waals surface area contributed by atoms with Gasteiger partial charge >= 0.3 is 0 Å². The summed E-state index contributed by atoms with van der Waals surface area (Å²) in [7, 11) is 0.594. The van der Waals surface area contributed by atoms with Gasteiger partial charge in [0.25, 0.3) is 0 Å². The van der Waals surface area contributed by atoms with Gasteiger partial charge in [-0.1, -0.05) is 0 Å². The molecule has 0 heterocycles. The Morgan fingerprint density at radius 1 is 1.39 bits per heavy atom. The Bertz CT molecular complexity index is 503. The van der Waals surface area contributed by atoms with Crippen LogP contribution in [0.5, 0.6) is 0 Å². The topological polar surface area (TPSA) is 49.4 Å². The number of benzene rings is 1. The molecule has 0 bridgehead atoms. The van der Waals surface area contributed by atoms with Crippen LogP contribution in [0.1, 0.15) is 5.56 Å². The molecular formula is C12H19FN2O2S. The van der Waals surface area contributed by atoms with Gasteiger partial charge in [0.05, 0.1) is 5.75 Å². The smallest absolute Gasteiger partial charge is 0.149 e. The van der Waals surface area contributed by atoms with Crippen molar-refractivity contribution in [1.82, 2.24) is 5.32 Å². The van der Waals surface area contributed by atoms with E-state index in [0.29, 0.717) is 13.1 Å². The Hall–Kier alpha value is -1.14. The van der Waals surface area contributed by atoms with E-state index in [2.05, 4.69) is 5.32 Å². The predicted octanol–water partition coefficient (Wildman–Crippen LogP) is 1.03. The van der Waals surface area contributed by atoms with Gasteiger partial charge in [-0.25, -0.2) is 12.8 Å². The summed E-state index contributed by atoms with van der Waals surface area (Å²) in [6.45, 7) is 0.928. The highest BCUT2D eigenvalue weighted by Crippen LogP contribution is 2.20. The maximum Gasteiger partial charge on any atom is 0.149 e. The van der Waals surface area contributed by atoms with Crippen molar-refractivity contribution < 1.29 is 12.8 Å². The van der Waals surface area contributed by atoms with Crippen LogP contribution in [0.25, 0.3) is 0 Å². The van der Waals surface area contributed by atoms with E-state index in [0.717, 1.165) is 11.3 Å². The Kier molecular flexibility index (Phi) is 5.10. The molecule has 1 N–H and O–H groups in total. The van der Waals surface area contributed by atoms with Gasteiger partial charge in [0.15, 0.2) is 0 Å². The molecule has 0 aliphatic heterocycles. The summed E-state index contributed by atoms with van der Waals surface area (Å²) in [6, 6.07) is 4.51. The first kappa shape index (κ1) is 14.9. The lowest BCUT2D eigenvalue weighted by Crippen LogP contribution is -2.26. The molecule has 1 rings (SSSR count). The van der Waals surface area contributed by atoms with E-state index in [1.54, 1.807) is 20.2 Å². The second-order valence-electron chi connectivity index (χ2n) is 4.35. The lowest BCUT2D eigenvalue weighted by atomic mass is 10.1. The van der Waals surface area contributed by atoms with Gasteiger partial charge < -0.3 is 10.2 Å². The van der Waals surface area contributed by atoms with Crippen LogP contribution in [-0.2, 0) is 16.4 Å². The molecule has 6 heteroatoms. The molecule has 0 unspecified atom stereocenters. The fraction of sp³-hybridized carbons (Fsp3) is 0.500. The highest BCUT2D eigenvalue weighted by atomic mass is 32.2. The second-order valence-corrected chi connectivity index (χ2v) is 6.61. The minimum atomic E-state index is -2.99. The van der Waals surface area contributed by atoms with Gasteiger partial charge in [-0.2, -0.15) is 0 Å². The van der Waals surface area contributed by atoms with Crippen molar-refractivity contribution in [3.05, 3.63) is 29.6 Å². The lowest BCUT2D eigenvalue weighted by molar-refractivity contribution is 0.600. The molecule has 18 heavy (non-hydrogen) atoms. The van der Waals surface area contributed by atoms with Gasteiger partial charge in [-0.3, -0.25) is 0 Å². The third-order valence-electron chi connectivity index (χ3n) is 2.62. The number of sulfone groups is 1. The predicted molar refractivity (Wildman–Crippen MR) is 72.1 cm³/mol. The molecule has 102 valence electrons. The number of rotatable bonds is 6. The molecule has 0 aliphatic carbocycles. The molecule has 0 fully saturated rings. The van der Waals surface area contributed by atoms with E-state index in [1.807, 2.05) is 4.90 Å². The van der Waals surface area contributed by atoms with Crippen molar-refractivity contribution in [3.8, 4) is 0 Å². The van der Waals surface area contributed by atoms with Crippen LogP contribution in [0.15, 0.2) is 18.2 Å². The first-order chi connectivity index (χ1) is 8.33. The molecule has 0 saturated carbocycles. The van der Waals surface area contributed by atoms with Crippen LogP contribution < -0.4 is 10.2 Å². The summed E-state index contributed by atoms with van der Waals surface area (Å²) in [4.78, 5) is 1.83.